The third kappa shape index (κ3) is 4.02. The van der Waals surface area contributed by atoms with Crippen LogP contribution in [0.1, 0.15) is 22.9 Å². The largest absolute Gasteiger partial charge is 0.419 e. The Bertz CT molecular complexity index is 1300. The molecule has 29 heavy (non-hydrogen) atoms. The molecule has 0 radical (unpaired) electrons. The lowest BCUT2D eigenvalue weighted by molar-refractivity contribution is 0.526. The fourth-order valence-electron chi connectivity index (χ4n) is 3.07. The molecule has 1 atom stereocenters. The number of pyridine rings is 1. The number of sulfonamides is 1. The predicted molar refractivity (Wildman–Crippen MR) is 112 cm³/mol. The summed E-state index contributed by atoms with van der Waals surface area (Å²) in [6, 6.07) is 9.55. The van der Waals surface area contributed by atoms with Crippen molar-refractivity contribution in [3.8, 4) is 0 Å². The van der Waals surface area contributed by atoms with Crippen LogP contribution in [0, 0.1) is 6.92 Å². The number of benzene rings is 1. The molecule has 0 bridgehead atoms. The van der Waals surface area contributed by atoms with Gasteiger partial charge in [0, 0.05) is 19.3 Å². The van der Waals surface area contributed by atoms with Crippen molar-refractivity contribution >= 4 is 32.5 Å². The van der Waals surface area contributed by atoms with E-state index < -0.39 is 21.8 Å². The molecule has 0 fully saturated rings. The molecule has 3 heterocycles. The zero-order chi connectivity index (χ0) is 20.6. The van der Waals surface area contributed by atoms with Crippen LogP contribution in [0.5, 0.6) is 0 Å². The third-order valence-electron chi connectivity index (χ3n) is 4.68. The van der Waals surface area contributed by atoms with Crippen molar-refractivity contribution in [3.63, 3.8) is 0 Å². The van der Waals surface area contributed by atoms with E-state index in [-0.39, 0.29) is 10.5 Å². The fourth-order valence-corrected chi connectivity index (χ4v) is 4.98. The Labute approximate surface area is 171 Å². The summed E-state index contributed by atoms with van der Waals surface area (Å²) < 4.78 is 35.4. The first kappa shape index (κ1) is 19.6. The minimum Gasteiger partial charge on any atom is -0.408 e. The Kier molecular flexibility index (Phi) is 5.12. The van der Waals surface area contributed by atoms with E-state index in [1.807, 2.05) is 35.9 Å². The summed E-state index contributed by atoms with van der Waals surface area (Å²) >= 11 is 1.56. The monoisotopic (exact) mass is 429 g/mol. The highest BCUT2D eigenvalue weighted by atomic mass is 32.2. The lowest BCUT2D eigenvalue weighted by Crippen LogP contribution is -2.30. The van der Waals surface area contributed by atoms with Crippen molar-refractivity contribution < 1.29 is 12.8 Å². The minimum absolute atomic E-state index is 0.0294. The SMILES string of the molecule is Cc1ccc([C@H](Cc2ccsc2)NS(=O)(=O)c2ccc3c(c2)oc(=O)n3C)nc1. The summed E-state index contributed by atoms with van der Waals surface area (Å²) in [5.74, 6) is -0.540. The Hall–Kier alpha value is -2.75. The van der Waals surface area contributed by atoms with E-state index in [9.17, 15) is 13.2 Å². The molecule has 1 N–H and O–H groups in total. The van der Waals surface area contributed by atoms with Crippen LogP contribution in [0.15, 0.2) is 67.5 Å². The summed E-state index contributed by atoms with van der Waals surface area (Å²) in [5, 5.41) is 3.94. The topological polar surface area (TPSA) is 94.2 Å². The zero-order valence-electron chi connectivity index (χ0n) is 15.8. The first-order valence-corrected chi connectivity index (χ1v) is 11.3. The summed E-state index contributed by atoms with van der Waals surface area (Å²) in [5.41, 5.74) is 3.41. The Morgan fingerprint density at radius 3 is 2.76 bits per heavy atom. The second kappa shape index (κ2) is 7.58. The van der Waals surface area contributed by atoms with Crippen LogP contribution >= 0.6 is 11.3 Å². The molecule has 0 aliphatic rings. The molecule has 0 saturated heterocycles. The number of rotatable bonds is 6. The van der Waals surface area contributed by atoms with Gasteiger partial charge in [0.05, 0.1) is 22.1 Å². The van der Waals surface area contributed by atoms with E-state index in [1.54, 1.807) is 30.6 Å². The number of aryl methyl sites for hydroxylation is 2. The molecule has 0 saturated carbocycles. The maximum Gasteiger partial charge on any atom is 0.419 e. The molecule has 150 valence electrons. The van der Waals surface area contributed by atoms with Gasteiger partial charge in [0.1, 0.15) is 0 Å². The summed E-state index contributed by atoms with van der Waals surface area (Å²) in [7, 11) is -2.30. The molecule has 4 rings (SSSR count). The highest BCUT2D eigenvalue weighted by Crippen LogP contribution is 2.23. The second-order valence-electron chi connectivity index (χ2n) is 6.83. The van der Waals surface area contributed by atoms with Crippen LogP contribution in [0.4, 0.5) is 0 Å². The Balaban J connectivity index is 1.70. The Morgan fingerprint density at radius 2 is 2.07 bits per heavy atom. The number of hydrogen-bond acceptors (Lipinski definition) is 6. The number of nitrogens with zero attached hydrogens (tertiary/aromatic N) is 2. The highest BCUT2D eigenvalue weighted by Gasteiger charge is 2.24. The molecular formula is C20H19N3O4S2. The first-order chi connectivity index (χ1) is 13.8. The van der Waals surface area contributed by atoms with E-state index in [0.717, 1.165) is 11.1 Å². The second-order valence-corrected chi connectivity index (χ2v) is 9.32. The predicted octanol–water partition coefficient (Wildman–Crippen LogP) is 3.16. The van der Waals surface area contributed by atoms with Crippen LogP contribution in [0.3, 0.4) is 0 Å². The Morgan fingerprint density at radius 1 is 1.24 bits per heavy atom. The first-order valence-electron chi connectivity index (χ1n) is 8.89. The van der Waals surface area contributed by atoms with Crippen LogP contribution in [0.25, 0.3) is 11.1 Å². The van der Waals surface area contributed by atoms with Gasteiger partial charge in [-0.3, -0.25) is 9.55 Å². The summed E-state index contributed by atoms with van der Waals surface area (Å²) in [6.45, 7) is 1.93. The molecule has 3 aromatic heterocycles. The van der Waals surface area contributed by atoms with Gasteiger partial charge in [0.2, 0.25) is 10.0 Å². The fraction of sp³-hybridized carbons (Fsp3) is 0.200. The number of thiophene rings is 1. The number of nitrogens with one attached hydrogen (secondary N) is 1. The average molecular weight is 430 g/mol. The molecule has 0 spiro atoms. The third-order valence-corrected chi connectivity index (χ3v) is 6.88. The average Bonchev–Trinajstić information content (AvgIpc) is 3.29. The number of hydrogen-bond donors (Lipinski definition) is 1. The highest BCUT2D eigenvalue weighted by molar-refractivity contribution is 7.89. The van der Waals surface area contributed by atoms with E-state index >= 15 is 0 Å². The standard InChI is InChI=1S/C20H19N3O4S2/c1-13-3-5-16(21-11-13)17(9-14-7-8-28-12-14)22-29(25,26)15-4-6-18-19(10-15)27-20(24)23(18)2/h3-8,10-12,17,22H,9H2,1-2H3/t17-/m0/s1. The molecule has 0 unspecified atom stereocenters. The van der Waals surface area contributed by atoms with Crippen molar-refractivity contribution in [3.05, 3.63) is 80.7 Å². The smallest absolute Gasteiger partial charge is 0.408 e. The number of fused-ring (bicyclic) bond motifs is 1. The van der Waals surface area contributed by atoms with Gasteiger partial charge in [-0.25, -0.2) is 17.9 Å². The minimum atomic E-state index is -3.87. The quantitative estimate of drug-likeness (QED) is 0.508. The van der Waals surface area contributed by atoms with Gasteiger partial charge >= 0.3 is 5.76 Å². The normalized spacial score (nSPS) is 13.0. The van der Waals surface area contributed by atoms with Crippen LogP contribution < -0.4 is 10.5 Å². The van der Waals surface area contributed by atoms with Gasteiger partial charge in [0.15, 0.2) is 5.58 Å². The molecule has 1 aromatic carbocycles. The number of oxazole rings is 1. The van der Waals surface area contributed by atoms with Gasteiger partial charge < -0.3 is 4.42 Å². The van der Waals surface area contributed by atoms with Crippen molar-refractivity contribution in [2.75, 3.05) is 0 Å². The lowest BCUT2D eigenvalue weighted by atomic mass is 10.1. The summed E-state index contributed by atoms with van der Waals surface area (Å²) in [6.07, 6.45) is 2.19. The van der Waals surface area contributed by atoms with Crippen LogP contribution in [0.2, 0.25) is 0 Å². The van der Waals surface area contributed by atoms with E-state index in [2.05, 4.69) is 9.71 Å². The maximum atomic E-state index is 13.1. The van der Waals surface area contributed by atoms with Crippen LogP contribution in [-0.4, -0.2) is 18.0 Å². The van der Waals surface area contributed by atoms with Gasteiger partial charge in [-0.15, -0.1) is 0 Å². The van der Waals surface area contributed by atoms with E-state index in [4.69, 9.17) is 4.42 Å². The van der Waals surface area contributed by atoms with E-state index in [0.29, 0.717) is 17.6 Å². The molecule has 9 heteroatoms. The van der Waals surface area contributed by atoms with Crippen molar-refractivity contribution in [1.82, 2.24) is 14.3 Å². The maximum absolute atomic E-state index is 13.1. The molecule has 7 nitrogen and oxygen atoms in total. The summed E-state index contributed by atoms with van der Waals surface area (Å²) in [4.78, 5) is 16.1. The van der Waals surface area contributed by atoms with E-state index in [1.165, 1.54) is 16.7 Å². The van der Waals surface area contributed by atoms with Crippen molar-refractivity contribution in [2.45, 2.75) is 24.3 Å². The molecular weight excluding hydrogens is 410 g/mol. The van der Waals surface area contributed by atoms with Crippen LogP contribution in [-0.2, 0) is 23.5 Å². The van der Waals surface area contributed by atoms with Gasteiger partial charge in [0.25, 0.3) is 0 Å². The molecule has 0 aliphatic carbocycles. The molecule has 0 amide bonds. The van der Waals surface area contributed by atoms with Gasteiger partial charge in [-0.1, -0.05) is 6.07 Å². The van der Waals surface area contributed by atoms with Gasteiger partial charge in [-0.2, -0.15) is 11.3 Å². The molecule has 4 aromatic rings. The van der Waals surface area contributed by atoms with Crippen molar-refractivity contribution in [2.24, 2.45) is 7.05 Å². The van der Waals surface area contributed by atoms with Gasteiger partial charge in [-0.05, 0) is 59.5 Å². The number of aromatic nitrogens is 2. The molecule has 0 aliphatic heterocycles. The van der Waals surface area contributed by atoms with Crippen molar-refractivity contribution in [1.29, 1.82) is 0 Å². The zero-order valence-corrected chi connectivity index (χ0v) is 17.5. The lowest BCUT2D eigenvalue weighted by Gasteiger charge is -2.18.